The topological polar surface area (TPSA) is 64.4 Å². The van der Waals surface area contributed by atoms with Crippen molar-refractivity contribution in [3.8, 4) is 5.75 Å². The first-order valence-corrected chi connectivity index (χ1v) is 6.50. The molecular weight excluding hydrogens is 275 g/mol. The second-order valence-corrected chi connectivity index (χ2v) is 4.32. The number of halogens is 1. The summed E-state index contributed by atoms with van der Waals surface area (Å²) < 4.78 is 18.8. The summed E-state index contributed by atoms with van der Waals surface area (Å²) in [4.78, 5) is 10.4. The standard InChI is InChI=1S/C15H15FN2O3/c1-2-21-15-9-12(7-8-14(15)18(19)20)17-10-11-5-3-4-6-13(11)16/h3-9,17H,2,10H2,1H3. The summed E-state index contributed by atoms with van der Waals surface area (Å²) in [6.07, 6.45) is 0. The lowest BCUT2D eigenvalue weighted by molar-refractivity contribution is -0.385. The molecule has 0 aromatic heterocycles. The van der Waals surface area contributed by atoms with E-state index in [2.05, 4.69) is 5.32 Å². The van der Waals surface area contributed by atoms with Crippen molar-refractivity contribution < 1.29 is 14.1 Å². The van der Waals surface area contributed by atoms with Gasteiger partial charge in [-0.05, 0) is 19.1 Å². The minimum Gasteiger partial charge on any atom is -0.487 e. The molecule has 0 saturated carbocycles. The van der Waals surface area contributed by atoms with Gasteiger partial charge in [0.1, 0.15) is 5.82 Å². The van der Waals surface area contributed by atoms with Crippen LogP contribution < -0.4 is 10.1 Å². The molecule has 2 aromatic rings. The molecule has 2 rings (SSSR count). The maximum absolute atomic E-state index is 13.5. The van der Waals surface area contributed by atoms with E-state index in [0.717, 1.165) is 0 Å². The summed E-state index contributed by atoms with van der Waals surface area (Å²) >= 11 is 0. The molecule has 6 heteroatoms. The van der Waals surface area contributed by atoms with Crippen LogP contribution in [0.15, 0.2) is 42.5 Å². The van der Waals surface area contributed by atoms with Crippen LogP contribution in [0.5, 0.6) is 5.75 Å². The van der Waals surface area contributed by atoms with Gasteiger partial charge in [-0.3, -0.25) is 10.1 Å². The van der Waals surface area contributed by atoms with E-state index >= 15 is 0 Å². The van der Waals surface area contributed by atoms with E-state index in [9.17, 15) is 14.5 Å². The Kier molecular flexibility index (Phi) is 4.71. The van der Waals surface area contributed by atoms with E-state index in [1.165, 1.54) is 12.1 Å². The van der Waals surface area contributed by atoms with Gasteiger partial charge in [0, 0.05) is 29.9 Å². The number of nitrogens with zero attached hydrogens (tertiary/aromatic N) is 1. The SMILES string of the molecule is CCOc1cc(NCc2ccccc2F)ccc1[N+](=O)[O-]. The van der Waals surface area contributed by atoms with Crippen molar-refractivity contribution in [1.82, 2.24) is 0 Å². The van der Waals surface area contributed by atoms with Crippen LogP contribution in [-0.2, 0) is 6.54 Å². The summed E-state index contributed by atoms with van der Waals surface area (Å²) in [6, 6.07) is 10.9. The lowest BCUT2D eigenvalue weighted by atomic mass is 10.2. The first kappa shape index (κ1) is 14.8. The maximum atomic E-state index is 13.5. The molecule has 0 fully saturated rings. The number of benzene rings is 2. The van der Waals surface area contributed by atoms with Crippen LogP contribution >= 0.6 is 0 Å². The largest absolute Gasteiger partial charge is 0.487 e. The predicted octanol–water partition coefficient (Wildman–Crippen LogP) is 3.74. The Balaban J connectivity index is 2.15. The third kappa shape index (κ3) is 3.68. The minimum atomic E-state index is -0.494. The summed E-state index contributed by atoms with van der Waals surface area (Å²) in [6.45, 7) is 2.37. The normalized spacial score (nSPS) is 10.2. The Hall–Kier alpha value is -2.63. The highest BCUT2D eigenvalue weighted by Crippen LogP contribution is 2.30. The number of anilines is 1. The highest BCUT2D eigenvalue weighted by atomic mass is 19.1. The van der Waals surface area contributed by atoms with Crippen molar-refractivity contribution in [1.29, 1.82) is 0 Å². The molecule has 21 heavy (non-hydrogen) atoms. The number of hydrogen-bond donors (Lipinski definition) is 1. The van der Waals surface area contributed by atoms with Gasteiger partial charge in [-0.2, -0.15) is 0 Å². The first-order chi connectivity index (χ1) is 10.1. The second-order valence-electron chi connectivity index (χ2n) is 4.32. The van der Waals surface area contributed by atoms with Gasteiger partial charge in [-0.1, -0.05) is 18.2 Å². The van der Waals surface area contributed by atoms with Gasteiger partial charge in [0.2, 0.25) is 0 Å². The Bertz CT molecular complexity index is 647. The number of hydrogen-bond acceptors (Lipinski definition) is 4. The molecule has 0 spiro atoms. The van der Waals surface area contributed by atoms with Crippen molar-refractivity contribution in [2.75, 3.05) is 11.9 Å². The fourth-order valence-corrected chi connectivity index (χ4v) is 1.89. The van der Waals surface area contributed by atoms with Gasteiger partial charge in [-0.15, -0.1) is 0 Å². The first-order valence-electron chi connectivity index (χ1n) is 6.50. The molecule has 0 bridgehead atoms. The van der Waals surface area contributed by atoms with Crippen LogP contribution in [-0.4, -0.2) is 11.5 Å². The highest BCUT2D eigenvalue weighted by Gasteiger charge is 2.15. The molecule has 0 aliphatic rings. The number of rotatable bonds is 6. The van der Waals surface area contributed by atoms with E-state index in [1.807, 2.05) is 0 Å². The van der Waals surface area contributed by atoms with Crippen LogP contribution in [0, 0.1) is 15.9 Å². The van der Waals surface area contributed by atoms with E-state index in [1.54, 1.807) is 37.3 Å². The van der Waals surface area contributed by atoms with Crippen molar-refractivity contribution in [2.45, 2.75) is 13.5 Å². The lowest BCUT2D eigenvalue weighted by Gasteiger charge is -2.10. The number of nitro groups is 1. The van der Waals surface area contributed by atoms with Gasteiger partial charge in [0.15, 0.2) is 5.75 Å². The predicted molar refractivity (Wildman–Crippen MR) is 78.0 cm³/mol. The number of nitrogens with one attached hydrogen (secondary N) is 1. The van der Waals surface area contributed by atoms with Crippen LogP contribution in [0.4, 0.5) is 15.8 Å². The molecule has 1 N–H and O–H groups in total. The zero-order valence-corrected chi connectivity index (χ0v) is 11.5. The van der Waals surface area contributed by atoms with Crippen molar-refractivity contribution in [2.24, 2.45) is 0 Å². The van der Waals surface area contributed by atoms with Crippen molar-refractivity contribution >= 4 is 11.4 Å². The van der Waals surface area contributed by atoms with E-state index in [4.69, 9.17) is 4.74 Å². The third-order valence-corrected chi connectivity index (χ3v) is 2.90. The van der Waals surface area contributed by atoms with Gasteiger partial charge in [0.05, 0.1) is 11.5 Å². The minimum absolute atomic E-state index is 0.0895. The fourth-order valence-electron chi connectivity index (χ4n) is 1.89. The van der Waals surface area contributed by atoms with E-state index in [-0.39, 0.29) is 23.8 Å². The molecule has 0 amide bonds. The molecule has 0 saturated heterocycles. The molecule has 0 atom stereocenters. The second kappa shape index (κ2) is 6.69. The summed E-state index contributed by atoms with van der Waals surface area (Å²) in [5.74, 6) is -0.0991. The monoisotopic (exact) mass is 290 g/mol. The molecule has 2 aromatic carbocycles. The highest BCUT2D eigenvalue weighted by molar-refractivity contribution is 5.58. The van der Waals surface area contributed by atoms with E-state index in [0.29, 0.717) is 17.9 Å². The molecule has 0 heterocycles. The Labute approximate surface area is 121 Å². The van der Waals surface area contributed by atoms with E-state index < -0.39 is 4.92 Å². The average molecular weight is 290 g/mol. The molecule has 0 aliphatic carbocycles. The summed E-state index contributed by atoms with van der Waals surface area (Å²) in [7, 11) is 0. The van der Waals surface area contributed by atoms with Gasteiger partial charge in [0.25, 0.3) is 0 Å². The lowest BCUT2D eigenvalue weighted by Crippen LogP contribution is -2.03. The zero-order chi connectivity index (χ0) is 15.2. The molecular formula is C15H15FN2O3. The quantitative estimate of drug-likeness (QED) is 0.650. The van der Waals surface area contributed by atoms with Gasteiger partial charge in [-0.25, -0.2) is 4.39 Å². The van der Waals surface area contributed by atoms with Crippen molar-refractivity contribution in [3.63, 3.8) is 0 Å². The number of ether oxygens (including phenoxy) is 1. The molecule has 0 unspecified atom stereocenters. The van der Waals surface area contributed by atoms with Crippen LogP contribution in [0.2, 0.25) is 0 Å². The molecule has 5 nitrogen and oxygen atoms in total. The Morgan fingerprint density at radius 3 is 2.71 bits per heavy atom. The molecule has 0 aliphatic heterocycles. The Morgan fingerprint density at radius 1 is 1.29 bits per heavy atom. The zero-order valence-electron chi connectivity index (χ0n) is 11.5. The third-order valence-electron chi connectivity index (χ3n) is 2.90. The summed E-state index contributed by atoms with van der Waals surface area (Å²) in [5.41, 5.74) is 1.06. The van der Waals surface area contributed by atoms with Crippen LogP contribution in [0.25, 0.3) is 0 Å². The molecule has 110 valence electrons. The van der Waals surface area contributed by atoms with Gasteiger partial charge >= 0.3 is 5.69 Å². The Morgan fingerprint density at radius 2 is 2.05 bits per heavy atom. The van der Waals surface area contributed by atoms with Crippen molar-refractivity contribution in [3.05, 3.63) is 64.0 Å². The van der Waals surface area contributed by atoms with Crippen LogP contribution in [0.3, 0.4) is 0 Å². The maximum Gasteiger partial charge on any atom is 0.311 e. The van der Waals surface area contributed by atoms with Crippen LogP contribution in [0.1, 0.15) is 12.5 Å². The summed E-state index contributed by atoms with van der Waals surface area (Å²) in [5, 5.41) is 13.9. The molecule has 0 radical (unpaired) electrons. The smallest absolute Gasteiger partial charge is 0.311 e. The average Bonchev–Trinajstić information content (AvgIpc) is 2.46. The fraction of sp³-hybridized carbons (Fsp3) is 0.200. The number of nitro benzene ring substituents is 1. The van der Waals surface area contributed by atoms with Gasteiger partial charge < -0.3 is 10.1 Å².